The first-order valence-electron chi connectivity index (χ1n) is 3.98. The minimum atomic E-state index is -0.469. The summed E-state index contributed by atoms with van der Waals surface area (Å²) in [5.74, 6) is -0.157. The van der Waals surface area contributed by atoms with Crippen LogP contribution < -0.4 is 5.73 Å². The molecular formula is C9H13FN2. The predicted molar refractivity (Wildman–Crippen MR) is 46.0 cm³/mol. The Bertz CT molecular complexity index is 260. The molecule has 1 rings (SSSR count). The highest BCUT2D eigenvalue weighted by molar-refractivity contribution is 5.15. The molecule has 3 heteroatoms. The van der Waals surface area contributed by atoms with Crippen molar-refractivity contribution >= 4 is 0 Å². The molecule has 1 aromatic heterocycles. The smallest absolute Gasteiger partial charge is 0.213 e. The fourth-order valence-electron chi connectivity index (χ4n) is 1.01. The summed E-state index contributed by atoms with van der Waals surface area (Å²) in [6, 6.07) is 3.01. The number of nitrogens with zero attached hydrogens (tertiary/aromatic N) is 1. The van der Waals surface area contributed by atoms with Gasteiger partial charge in [0.15, 0.2) is 0 Å². The molecule has 0 aliphatic rings. The van der Waals surface area contributed by atoms with Crippen molar-refractivity contribution in [2.24, 2.45) is 11.7 Å². The lowest BCUT2D eigenvalue weighted by Gasteiger charge is -2.15. The first-order valence-corrected chi connectivity index (χ1v) is 3.98. The van der Waals surface area contributed by atoms with E-state index in [2.05, 4.69) is 4.98 Å². The molecule has 1 aromatic rings. The monoisotopic (exact) mass is 168 g/mol. The molecule has 66 valence electrons. The van der Waals surface area contributed by atoms with Gasteiger partial charge in [0.25, 0.3) is 0 Å². The Morgan fingerprint density at radius 1 is 1.50 bits per heavy atom. The molecule has 12 heavy (non-hydrogen) atoms. The van der Waals surface area contributed by atoms with Gasteiger partial charge in [0.1, 0.15) is 0 Å². The third-order valence-electron chi connectivity index (χ3n) is 1.85. The van der Waals surface area contributed by atoms with E-state index >= 15 is 0 Å². The van der Waals surface area contributed by atoms with E-state index in [9.17, 15) is 4.39 Å². The summed E-state index contributed by atoms with van der Waals surface area (Å²) in [6.07, 6.45) is 1.44. The van der Waals surface area contributed by atoms with Crippen molar-refractivity contribution in [3.63, 3.8) is 0 Å². The zero-order valence-corrected chi connectivity index (χ0v) is 7.29. The Labute approximate surface area is 71.6 Å². The van der Waals surface area contributed by atoms with Crippen molar-refractivity contribution in [3.05, 3.63) is 29.8 Å². The maximum atomic E-state index is 12.6. The highest BCUT2D eigenvalue weighted by Crippen LogP contribution is 2.17. The summed E-state index contributed by atoms with van der Waals surface area (Å²) in [6.45, 7) is 4.01. The number of aromatic nitrogens is 1. The summed E-state index contributed by atoms with van der Waals surface area (Å²) < 4.78 is 12.6. The van der Waals surface area contributed by atoms with Gasteiger partial charge in [0, 0.05) is 12.2 Å². The SMILES string of the molecule is CC(C)[C@H](N)c1ccnc(F)c1. The molecular weight excluding hydrogens is 155 g/mol. The lowest BCUT2D eigenvalue weighted by molar-refractivity contribution is 0.506. The quantitative estimate of drug-likeness (QED) is 0.685. The first-order chi connectivity index (χ1) is 5.61. The lowest BCUT2D eigenvalue weighted by Crippen LogP contribution is -2.16. The number of nitrogens with two attached hydrogens (primary N) is 1. The van der Waals surface area contributed by atoms with Crippen LogP contribution in [0.2, 0.25) is 0 Å². The molecule has 0 aliphatic heterocycles. The average Bonchev–Trinajstić information content (AvgIpc) is 2.03. The van der Waals surface area contributed by atoms with Crippen LogP contribution >= 0.6 is 0 Å². The van der Waals surface area contributed by atoms with Crippen LogP contribution in [0.1, 0.15) is 25.5 Å². The van der Waals surface area contributed by atoms with Crippen LogP contribution in [0.4, 0.5) is 4.39 Å². The molecule has 0 saturated heterocycles. The molecule has 0 radical (unpaired) electrons. The molecule has 0 fully saturated rings. The van der Waals surface area contributed by atoms with Gasteiger partial charge in [-0.1, -0.05) is 13.8 Å². The normalized spacial score (nSPS) is 13.4. The van der Waals surface area contributed by atoms with Crippen molar-refractivity contribution < 1.29 is 4.39 Å². The molecule has 1 atom stereocenters. The number of hydrogen-bond donors (Lipinski definition) is 1. The minimum absolute atomic E-state index is 0.109. The number of pyridine rings is 1. The largest absolute Gasteiger partial charge is 0.324 e. The van der Waals surface area contributed by atoms with Gasteiger partial charge in [0.2, 0.25) is 5.95 Å². The second kappa shape index (κ2) is 3.63. The third-order valence-corrected chi connectivity index (χ3v) is 1.85. The summed E-state index contributed by atoms with van der Waals surface area (Å²) in [7, 11) is 0. The first kappa shape index (κ1) is 9.13. The fourth-order valence-corrected chi connectivity index (χ4v) is 1.01. The van der Waals surface area contributed by atoms with Crippen LogP contribution in [0.3, 0.4) is 0 Å². The Balaban J connectivity index is 2.88. The van der Waals surface area contributed by atoms with Gasteiger partial charge in [-0.25, -0.2) is 4.98 Å². The van der Waals surface area contributed by atoms with E-state index in [0.29, 0.717) is 5.92 Å². The Hall–Kier alpha value is -0.960. The van der Waals surface area contributed by atoms with Crippen LogP contribution in [0.25, 0.3) is 0 Å². The van der Waals surface area contributed by atoms with Crippen molar-refractivity contribution in [3.8, 4) is 0 Å². The van der Waals surface area contributed by atoms with Crippen LogP contribution in [0, 0.1) is 11.9 Å². The molecule has 2 N–H and O–H groups in total. The van der Waals surface area contributed by atoms with Crippen molar-refractivity contribution in [1.29, 1.82) is 0 Å². The zero-order valence-electron chi connectivity index (χ0n) is 7.29. The van der Waals surface area contributed by atoms with E-state index in [1.165, 1.54) is 12.3 Å². The molecule has 2 nitrogen and oxygen atoms in total. The third kappa shape index (κ3) is 2.01. The topological polar surface area (TPSA) is 38.9 Å². The summed E-state index contributed by atoms with van der Waals surface area (Å²) in [4.78, 5) is 3.46. The maximum Gasteiger partial charge on any atom is 0.213 e. The molecule has 0 aliphatic carbocycles. The Morgan fingerprint density at radius 3 is 2.67 bits per heavy atom. The van der Waals surface area contributed by atoms with E-state index in [-0.39, 0.29) is 6.04 Å². The summed E-state index contributed by atoms with van der Waals surface area (Å²) >= 11 is 0. The maximum absolute atomic E-state index is 12.6. The second-order valence-corrected chi connectivity index (χ2v) is 3.18. The van der Waals surface area contributed by atoms with Gasteiger partial charge in [-0.3, -0.25) is 0 Å². The van der Waals surface area contributed by atoms with Crippen LogP contribution in [0.15, 0.2) is 18.3 Å². The van der Waals surface area contributed by atoms with Crippen molar-refractivity contribution in [2.75, 3.05) is 0 Å². The Morgan fingerprint density at radius 2 is 2.17 bits per heavy atom. The zero-order chi connectivity index (χ0) is 9.14. The van der Waals surface area contributed by atoms with Gasteiger partial charge >= 0.3 is 0 Å². The summed E-state index contributed by atoms with van der Waals surface area (Å²) in [5, 5.41) is 0. The van der Waals surface area contributed by atoms with Crippen LogP contribution in [-0.2, 0) is 0 Å². The summed E-state index contributed by atoms with van der Waals surface area (Å²) in [5.41, 5.74) is 6.62. The van der Waals surface area contributed by atoms with E-state index in [0.717, 1.165) is 5.56 Å². The average molecular weight is 168 g/mol. The van der Waals surface area contributed by atoms with Gasteiger partial charge < -0.3 is 5.73 Å². The van der Waals surface area contributed by atoms with Gasteiger partial charge in [-0.15, -0.1) is 0 Å². The van der Waals surface area contributed by atoms with Gasteiger partial charge in [-0.2, -0.15) is 4.39 Å². The fraction of sp³-hybridized carbons (Fsp3) is 0.444. The highest BCUT2D eigenvalue weighted by atomic mass is 19.1. The van der Waals surface area contributed by atoms with Crippen molar-refractivity contribution in [2.45, 2.75) is 19.9 Å². The number of halogens is 1. The van der Waals surface area contributed by atoms with E-state index < -0.39 is 5.95 Å². The molecule has 1 heterocycles. The molecule has 0 spiro atoms. The predicted octanol–water partition coefficient (Wildman–Crippen LogP) is 1.88. The van der Waals surface area contributed by atoms with Gasteiger partial charge in [-0.05, 0) is 23.6 Å². The van der Waals surface area contributed by atoms with E-state index in [1.807, 2.05) is 13.8 Å². The minimum Gasteiger partial charge on any atom is -0.324 e. The standard InChI is InChI=1S/C9H13FN2/c1-6(2)9(11)7-3-4-12-8(10)5-7/h3-6,9H,11H2,1-2H3/t9-/m0/s1. The number of rotatable bonds is 2. The molecule has 0 saturated carbocycles. The van der Waals surface area contributed by atoms with Crippen LogP contribution in [0.5, 0.6) is 0 Å². The molecule has 0 bridgehead atoms. The van der Waals surface area contributed by atoms with Crippen LogP contribution in [-0.4, -0.2) is 4.98 Å². The van der Waals surface area contributed by atoms with Crippen molar-refractivity contribution in [1.82, 2.24) is 4.98 Å². The van der Waals surface area contributed by atoms with E-state index in [4.69, 9.17) is 5.73 Å². The highest BCUT2D eigenvalue weighted by Gasteiger charge is 2.10. The number of hydrogen-bond acceptors (Lipinski definition) is 2. The Kier molecular flexibility index (Phi) is 2.76. The van der Waals surface area contributed by atoms with Gasteiger partial charge in [0.05, 0.1) is 0 Å². The lowest BCUT2D eigenvalue weighted by atomic mass is 9.98. The second-order valence-electron chi connectivity index (χ2n) is 3.18. The van der Waals surface area contributed by atoms with E-state index in [1.54, 1.807) is 6.07 Å². The molecule has 0 aromatic carbocycles. The molecule has 0 unspecified atom stereocenters. The molecule has 0 amide bonds.